The van der Waals surface area contributed by atoms with Crippen molar-refractivity contribution in [3.63, 3.8) is 0 Å². The Morgan fingerprint density at radius 3 is 2.68 bits per heavy atom. The molecule has 1 saturated heterocycles. The van der Waals surface area contributed by atoms with E-state index in [2.05, 4.69) is 25.1 Å². The van der Waals surface area contributed by atoms with Gasteiger partial charge in [-0.2, -0.15) is 0 Å². The number of hydrogen-bond donors (Lipinski definition) is 1. The van der Waals surface area contributed by atoms with E-state index in [4.69, 9.17) is 11.6 Å². The number of thiazole rings is 1. The van der Waals surface area contributed by atoms with Crippen molar-refractivity contribution >= 4 is 50.3 Å². The zero-order valence-electron chi connectivity index (χ0n) is 16.8. The average Bonchev–Trinajstić information content (AvgIpc) is 3.31. The lowest BCUT2D eigenvalue weighted by atomic mass is 10.1. The first-order valence-corrected chi connectivity index (χ1v) is 11.4. The van der Waals surface area contributed by atoms with Gasteiger partial charge in [0.15, 0.2) is 5.13 Å². The lowest BCUT2D eigenvalue weighted by Gasteiger charge is -2.34. The third-order valence-corrected chi connectivity index (χ3v) is 6.55. The molecule has 0 unspecified atom stereocenters. The molecule has 1 fully saturated rings. The molecule has 2 aromatic heterocycles. The van der Waals surface area contributed by atoms with E-state index in [1.807, 2.05) is 41.9 Å². The van der Waals surface area contributed by atoms with Gasteiger partial charge in [-0.25, -0.2) is 9.37 Å². The highest BCUT2D eigenvalue weighted by atomic mass is 35.5. The first-order valence-electron chi connectivity index (χ1n) is 10.1. The molecule has 0 bridgehead atoms. The number of rotatable bonds is 5. The van der Waals surface area contributed by atoms with Gasteiger partial charge in [-0.1, -0.05) is 11.6 Å². The summed E-state index contributed by atoms with van der Waals surface area (Å²) < 4.78 is 14.6. The summed E-state index contributed by atoms with van der Waals surface area (Å²) in [4.78, 5) is 13.3. The predicted octanol–water partition coefficient (Wildman–Crippen LogP) is 5.55. The van der Waals surface area contributed by atoms with Gasteiger partial charge >= 0.3 is 0 Å². The molecular weight excluding hydrogens is 433 g/mol. The Morgan fingerprint density at radius 1 is 1.00 bits per heavy atom. The van der Waals surface area contributed by atoms with Gasteiger partial charge < -0.3 is 10.2 Å². The molecule has 0 radical (unpaired) electrons. The minimum atomic E-state index is -0.181. The summed E-state index contributed by atoms with van der Waals surface area (Å²) in [6.45, 7) is 4.15. The summed E-state index contributed by atoms with van der Waals surface area (Å²) in [5.74, 6) is -0.181. The molecule has 0 atom stereocenters. The van der Waals surface area contributed by atoms with Crippen LogP contribution in [0, 0.1) is 5.82 Å². The molecule has 3 heterocycles. The Balaban J connectivity index is 1.30. The smallest absolute Gasteiger partial charge is 0.185 e. The third kappa shape index (κ3) is 4.49. The molecule has 5 nitrogen and oxygen atoms in total. The maximum Gasteiger partial charge on any atom is 0.185 e. The fourth-order valence-electron chi connectivity index (χ4n) is 3.87. The van der Waals surface area contributed by atoms with Gasteiger partial charge in [-0.05, 0) is 42.5 Å². The standard InChI is InChI=1S/C23H21ClFN5S/c24-17-1-3-19-21(5-6-26-22(19)14-17)28-18-2-4-20(25)16(13-18)15-29-8-10-30(11-9-29)23-27-7-12-31-23/h1-7,12-14H,8-11,15H2,(H,26,28). The quantitative estimate of drug-likeness (QED) is 0.429. The van der Waals surface area contributed by atoms with Crippen LogP contribution in [-0.4, -0.2) is 41.0 Å². The zero-order valence-corrected chi connectivity index (χ0v) is 18.3. The first kappa shape index (κ1) is 20.2. The Bertz CT molecular complexity index is 1190. The maximum atomic E-state index is 14.6. The van der Waals surface area contributed by atoms with Crippen LogP contribution in [0.15, 0.2) is 60.2 Å². The number of fused-ring (bicyclic) bond motifs is 1. The fraction of sp³-hybridized carbons (Fsp3) is 0.217. The maximum absolute atomic E-state index is 14.6. The van der Waals surface area contributed by atoms with E-state index in [0.29, 0.717) is 17.1 Å². The summed E-state index contributed by atoms with van der Waals surface area (Å²) in [6, 6.07) is 12.7. The molecule has 1 aliphatic rings. The molecule has 158 valence electrons. The number of pyridine rings is 1. The topological polar surface area (TPSA) is 44.3 Å². The van der Waals surface area contributed by atoms with Gasteiger partial charge in [0, 0.05) is 77.8 Å². The highest BCUT2D eigenvalue weighted by molar-refractivity contribution is 7.13. The molecule has 8 heteroatoms. The Labute approximate surface area is 189 Å². The minimum Gasteiger partial charge on any atom is -0.355 e. The molecule has 1 aliphatic heterocycles. The van der Waals surface area contributed by atoms with Crippen LogP contribution in [0.4, 0.5) is 20.9 Å². The number of nitrogens with one attached hydrogen (secondary N) is 1. The highest BCUT2D eigenvalue weighted by Gasteiger charge is 2.20. The van der Waals surface area contributed by atoms with Crippen molar-refractivity contribution in [3.8, 4) is 0 Å². The van der Waals surface area contributed by atoms with E-state index in [0.717, 1.165) is 53.6 Å². The molecule has 0 amide bonds. The molecule has 0 saturated carbocycles. The van der Waals surface area contributed by atoms with Crippen LogP contribution < -0.4 is 10.2 Å². The largest absolute Gasteiger partial charge is 0.355 e. The van der Waals surface area contributed by atoms with Crippen LogP contribution in [0.1, 0.15) is 5.56 Å². The van der Waals surface area contributed by atoms with Gasteiger partial charge in [-0.3, -0.25) is 9.88 Å². The second kappa shape index (κ2) is 8.78. The number of halogens is 2. The van der Waals surface area contributed by atoms with Gasteiger partial charge in [0.05, 0.1) is 5.52 Å². The molecule has 0 aliphatic carbocycles. The number of hydrogen-bond acceptors (Lipinski definition) is 6. The average molecular weight is 454 g/mol. The summed E-state index contributed by atoms with van der Waals surface area (Å²) in [5, 5.41) is 8.09. The van der Waals surface area contributed by atoms with Crippen molar-refractivity contribution in [2.45, 2.75) is 6.54 Å². The van der Waals surface area contributed by atoms with Crippen molar-refractivity contribution in [1.82, 2.24) is 14.9 Å². The van der Waals surface area contributed by atoms with Crippen LogP contribution in [0.5, 0.6) is 0 Å². The Hall–Kier alpha value is -2.74. The zero-order chi connectivity index (χ0) is 21.2. The minimum absolute atomic E-state index is 0.181. The summed E-state index contributed by atoms with van der Waals surface area (Å²) >= 11 is 7.74. The number of benzene rings is 2. The summed E-state index contributed by atoms with van der Waals surface area (Å²) in [6.07, 6.45) is 3.58. The van der Waals surface area contributed by atoms with E-state index < -0.39 is 0 Å². The second-order valence-corrected chi connectivity index (χ2v) is 8.84. The lowest BCUT2D eigenvalue weighted by Crippen LogP contribution is -2.46. The Kier molecular flexibility index (Phi) is 5.72. The van der Waals surface area contributed by atoms with Crippen molar-refractivity contribution in [3.05, 3.63) is 76.6 Å². The van der Waals surface area contributed by atoms with Crippen molar-refractivity contribution in [1.29, 1.82) is 0 Å². The SMILES string of the molecule is Fc1ccc(Nc2ccnc3cc(Cl)ccc23)cc1CN1CCN(c2nccs2)CC1. The second-order valence-electron chi connectivity index (χ2n) is 7.53. The third-order valence-electron chi connectivity index (χ3n) is 5.49. The first-order chi connectivity index (χ1) is 15.2. The van der Waals surface area contributed by atoms with Gasteiger partial charge in [0.25, 0.3) is 0 Å². The molecule has 31 heavy (non-hydrogen) atoms. The molecule has 2 aromatic carbocycles. The highest BCUT2D eigenvalue weighted by Crippen LogP contribution is 2.28. The van der Waals surface area contributed by atoms with Crippen molar-refractivity contribution in [2.75, 3.05) is 36.4 Å². The fourth-order valence-corrected chi connectivity index (χ4v) is 4.73. The van der Waals surface area contributed by atoms with Crippen LogP contribution in [0.3, 0.4) is 0 Å². The molecular formula is C23H21ClFN5S. The van der Waals surface area contributed by atoms with Crippen LogP contribution in [0.25, 0.3) is 10.9 Å². The molecule has 0 spiro atoms. The van der Waals surface area contributed by atoms with Crippen LogP contribution in [0.2, 0.25) is 5.02 Å². The summed E-state index contributed by atoms with van der Waals surface area (Å²) in [5.41, 5.74) is 3.27. The number of piperazine rings is 1. The van der Waals surface area contributed by atoms with E-state index in [-0.39, 0.29) is 5.82 Å². The normalized spacial score (nSPS) is 14.8. The van der Waals surface area contributed by atoms with Crippen molar-refractivity contribution < 1.29 is 4.39 Å². The van der Waals surface area contributed by atoms with E-state index in [9.17, 15) is 4.39 Å². The molecule has 4 aromatic rings. The van der Waals surface area contributed by atoms with Crippen LogP contribution in [-0.2, 0) is 6.54 Å². The van der Waals surface area contributed by atoms with Crippen molar-refractivity contribution in [2.24, 2.45) is 0 Å². The number of nitrogens with zero attached hydrogens (tertiary/aromatic N) is 4. The monoisotopic (exact) mass is 453 g/mol. The van der Waals surface area contributed by atoms with E-state index in [1.165, 1.54) is 6.07 Å². The predicted molar refractivity (Wildman–Crippen MR) is 126 cm³/mol. The van der Waals surface area contributed by atoms with Gasteiger partial charge in [0.2, 0.25) is 0 Å². The lowest BCUT2D eigenvalue weighted by molar-refractivity contribution is 0.246. The number of aromatic nitrogens is 2. The summed E-state index contributed by atoms with van der Waals surface area (Å²) in [7, 11) is 0. The van der Waals surface area contributed by atoms with E-state index >= 15 is 0 Å². The molecule has 1 N–H and O–H groups in total. The number of anilines is 3. The van der Waals surface area contributed by atoms with E-state index in [1.54, 1.807) is 23.6 Å². The van der Waals surface area contributed by atoms with Gasteiger partial charge in [-0.15, -0.1) is 11.3 Å². The Morgan fingerprint density at radius 2 is 1.87 bits per heavy atom. The van der Waals surface area contributed by atoms with Gasteiger partial charge in [0.1, 0.15) is 5.82 Å². The molecule has 5 rings (SSSR count). The van der Waals surface area contributed by atoms with Crippen LogP contribution >= 0.6 is 22.9 Å².